The minimum absolute atomic E-state index is 0.0129. The monoisotopic (exact) mass is 564 g/mol. The number of carbonyl (C=O) groups is 1. The number of carbonyl (C=O) groups excluding carboxylic acids is 1. The molecule has 0 spiro atoms. The third kappa shape index (κ3) is 4.72. The molecule has 2 saturated heterocycles. The maximum Gasteiger partial charge on any atom is 0.264 e. The number of amides is 1. The molecular weight excluding hydrogens is 526 g/mol. The van der Waals surface area contributed by atoms with Gasteiger partial charge in [0.1, 0.15) is 0 Å². The number of aromatic nitrogens is 4. The molecule has 1 amide bonds. The third-order valence-corrected chi connectivity index (χ3v) is 9.45. The van der Waals surface area contributed by atoms with Crippen molar-refractivity contribution >= 4 is 17.4 Å². The van der Waals surface area contributed by atoms with Crippen LogP contribution in [0.3, 0.4) is 0 Å². The first-order valence-electron chi connectivity index (χ1n) is 14.9. The normalized spacial score (nSPS) is 20.3. The fourth-order valence-corrected chi connectivity index (χ4v) is 7.19. The van der Waals surface area contributed by atoms with Crippen LogP contribution in [0, 0.1) is 0 Å². The van der Waals surface area contributed by atoms with Gasteiger partial charge in [-0.3, -0.25) is 19.1 Å². The molecule has 11 heteroatoms. The Morgan fingerprint density at radius 1 is 1.10 bits per heavy atom. The highest BCUT2D eigenvalue weighted by atomic mass is 19.3. The number of nitrogens with one attached hydrogen (secondary N) is 1. The summed E-state index contributed by atoms with van der Waals surface area (Å²) in [5, 5.41) is 12.9. The lowest BCUT2D eigenvalue weighted by Crippen LogP contribution is -2.55. The molecule has 2 fully saturated rings. The molecule has 4 aliphatic rings. The standard InChI is InChI=1S/C30H38F2N8O/c1-19(41)37-11-7-27-26(18-37)30(35-40(27)23-16-38(17-23)22-5-8-33-9-6-22)39-10-3-4-20-12-24(21-14-34-36(2)15-21)25(29(31)32)13-28(20)39/h12-15,22-23,29,33H,3-11,16-18H2,1-2H3. The second-order valence-corrected chi connectivity index (χ2v) is 12.0. The van der Waals surface area contributed by atoms with Gasteiger partial charge in [0.15, 0.2) is 5.82 Å². The number of rotatable bonds is 5. The van der Waals surface area contributed by atoms with Gasteiger partial charge in [0, 0.05) is 86.9 Å². The van der Waals surface area contributed by atoms with E-state index in [2.05, 4.69) is 24.9 Å². The average molecular weight is 565 g/mol. The summed E-state index contributed by atoms with van der Waals surface area (Å²) >= 11 is 0. The van der Waals surface area contributed by atoms with Crippen molar-refractivity contribution in [2.45, 2.75) is 64.1 Å². The van der Waals surface area contributed by atoms with Crippen LogP contribution in [-0.4, -0.2) is 80.6 Å². The van der Waals surface area contributed by atoms with Crippen molar-refractivity contribution in [2.24, 2.45) is 7.05 Å². The second-order valence-electron chi connectivity index (χ2n) is 12.0. The number of fused-ring (bicyclic) bond motifs is 2. The minimum Gasteiger partial charge on any atom is -0.338 e. The first-order valence-corrected chi connectivity index (χ1v) is 14.9. The van der Waals surface area contributed by atoms with E-state index in [1.165, 1.54) is 18.5 Å². The summed E-state index contributed by atoms with van der Waals surface area (Å²) in [5.41, 5.74) is 5.36. The van der Waals surface area contributed by atoms with Gasteiger partial charge in [0.25, 0.3) is 6.43 Å². The number of hydrogen-bond donors (Lipinski definition) is 1. The Balaban J connectivity index is 1.26. The van der Waals surface area contributed by atoms with Crippen LogP contribution < -0.4 is 10.2 Å². The van der Waals surface area contributed by atoms with Gasteiger partial charge in [-0.2, -0.15) is 10.2 Å². The number of piperidine rings is 1. The van der Waals surface area contributed by atoms with E-state index in [9.17, 15) is 13.6 Å². The van der Waals surface area contributed by atoms with Crippen LogP contribution in [-0.2, 0) is 31.2 Å². The van der Waals surface area contributed by atoms with Gasteiger partial charge in [-0.05, 0) is 62.0 Å². The van der Waals surface area contributed by atoms with Gasteiger partial charge in [0.2, 0.25) is 5.91 Å². The van der Waals surface area contributed by atoms with E-state index in [0.717, 1.165) is 68.1 Å². The van der Waals surface area contributed by atoms with E-state index in [1.807, 2.05) is 11.0 Å². The molecule has 2 aromatic heterocycles. The average Bonchev–Trinajstić information content (AvgIpc) is 3.55. The summed E-state index contributed by atoms with van der Waals surface area (Å²) in [6.45, 7) is 7.62. The van der Waals surface area contributed by atoms with Crippen molar-refractivity contribution in [3.05, 3.63) is 46.9 Å². The Kier molecular flexibility index (Phi) is 6.81. The first-order chi connectivity index (χ1) is 19.9. The molecule has 0 aliphatic carbocycles. The molecule has 0 radical (unpaired) electrons. The zero-order valence-corrected chi connectivity index (χ0v) is 23.8. The SMILES string of the molecule is CC(=O)N1CCc2c(c(N3CCCc4cc(-c5cnn(C)c5)c(C(F)F)cc43)nn2C2CN(C3CCNCC3)C2)C1. The lowest BCUT2D eigenvalue weighted by atomic mass is 9.92. The van der Waals surface area contributed by atoms with Crippen molar-refractivity contribution < 1.29 is 13.6 Å². The Bertz CT molecular complexity index is 1450. The second kappa shape index (κ2) is 10.5. The van der Waals surface area contributed by atoms with E-state index in [-0.39, 0.29) is 11.5 Å². The highest BCUT2D eigenvalue weighted by Crippen LogP contribution is 2.43. The Labute approximate surface area is 239 Å². The van der Waals surface area contributed by atoms with Crippen LogP contribution in [0.25, 0.3) is 11.1 Å². The summed E-state index contributed by atoms with van der Waals surface area (Å²) in [6.07, 6.45) is 5.66. The molecule has 6 heterocycles. The molecule has 0 saturated carbocycles. The van der Waals surface area contributed by atoms with Gasteiger partial charge in [0.05, 0.1) is 18.8 Å². The summed E-state index contributed by atoms with van der Waals surface area (Å²) in [6, 6.07) is 4.52. The molecule has 41 heavy (non-hydrogen) atoms. The van der Waals surface area contributed by atoms with Crippen molar-refractivity contribution in [1.29, 1.82) is 0 Å². The van der Waals surface area contributed by atoms with E-state index >= 15 is 0 Å². The molecule has 0 bridgehead atoms. The van der Waals surface area contributed by atoms with Crippen LogP contribution in [0.2, 0.25) is 0 Å². The quantitative estimate of drug-likeness (QED) is 0.508. The predicted octanol–water partition coefficient (Wildman–Crippen LogP) is 3.82. The highest BCUT2D eigenvalue weighted by Gasteiger charge is 2.39. The molecular formula is C30H38F2N8O. The lowest BCUT2D eigenvalue weighted by molar-refractivity contribution is -0.129. The van der Waals surface area contributed by atoms with E-state index < -0.39 is 6.43 Å². The fourth-order valence-electron chi connectivity index (χ4n) is 7.19. The topological polar surface area (TPSA) is 74.5 Å². The smallest absolute Gasteiger partial charge is 0.264 e. The zero-order valence-electron chi connectivity index (χ0n) is 23.8. The third-order valence-electron chi connectivity index (χ3n) is 9.45. The van der Waals surface area contributed by atoms with Crippen molar-refractivity contribution in [1.82, 2.24) is 34.7 Å². The van der Waals surface area contributed by atoms with E-state index in [0.29, 0.717) is 42.8 Å². The van der Waals surface area contributed by atoms with Crippen molar-refractivity contribution in [3.8, 4) is 11.1 Å². The maximum atomic E-state index is 14.5. The van der Waals surface area contributed by atoms with E-state index in [4.69, 9.17) is 5.10 Å². The number of alkyl halides is 2. The molecule has 9 nitrogen and oxygen atoms in total. The van der Waals surface area contributed by atoms with Gasteiger partial charge >= 0.3 is 0 Å². The fraction of sp³-hybridized carbons (Fsp3) is 0.567. The summed E-state index contributed by atoms with van der Waals surface area (Å²) < 4.78 is 32.8. The van der Waals surface area contributed by atoms with Crippen LogP contribution in [0.5, 0.6) is 0 Å². The van der Waals surface area contributed by atoms with Crippen molar-refractivity contribution in [3.63, 3.8) is 0 Å². The molecule has 7 rings (SSSR count). The van der Waals surface area contributed by atoms with Crippen LogP contribution in [0.1, 0.15) is 61.0 Å². The van der Waals surface area contributed by atoms with Crippen LogP contribution >= 0.6 is 0 Å². The number of hydrogen-bond acceptors (Lipinski definition) is 6. The lowest BCUT2D eigenvalue weighted by Gasteiger charge is -2.46. The van der Waals surface area contributed by atoms with Gasteiger partial charge in [-0.25, -0.2) is 8.78 Å². The zero-order chi connectivity index (χ0) is 28.2. The van der Waals surface area contributed by atoms with Gasteiger partial charge < -0.3 is 15.1 Å². The Morgan fingerprint density at radius 3 is 2.61 bits per heavy atom. The molecule has 4 aliphatic heterocycles. The predicted molar refractivity (Wildman–Crippen MR) is 152 cm³/mol. The summed E-state index contributed by atoms with van der Waals surface area (Å²) in [4.78, 5) is 19.0. The number of aryl methyl sites for hydroxylation is 2. The maximum absolute atomic E-state index is 14.5. The van der Waals surface area contributed by atoms with Crippen LogP contribution in [0.4, 0.5) is 20.3 Å². The Morgan fingerprint density at radius 2 is 1.90 bits per heavy atom. The number of likely N-dealkylation sites (tertiary alicyclic amines) is 1. The first kappa shape index (κ1) is 26.6. The molecule has 0 unspecified atom stereocenters. The molecule has 218 valence electrons. The Hall–Kier alpha value is -3.31. The van der Waals surface area contributed by atoms with Gasteiger partial charge in [-0.15, -0.1) is 0 Å². The summed E-state index contributed by atoms with van der Waals surface area (Å²) in [5.74, 6) is 0.872. The molecule has 1 N–H and O–H groups in total. The van der Waals surface area contributed by atoms with Gasteiger partial charge in [-0.1, -0.05) is 0 Å². The summed E-state index contributed by atoms with van der Waals surface area (Å²) in [7, 11) is 1.79. The molecule has 1 aromatic carbocycles. The largest absolute Gasteiger partial charge is 0.338 e. The van der Waals surface area contributed by atoms with Crippen molar-refractivity contribution in [2.75, 3.05) is 44.2 Å². The number of halogens is 2. The molecule has 0 atom stereocenters. The minimum atomic E-state index is -2.62. The van der Waals surface area contributed by atoms with E-state index in [1.54, 1.807) is 37.1 Å². The van der Waals surface area contributed by atoms with Crippen LogP contribution in [0.15, 0.2) is 24.5 Å². The number of nitrogens with zero attached hydrogens (tertiary/aromatic N) is 7. The highest BCUT2D eigenvalue weighted by molar-refractivity contribution is 5.78. The number of anilines is 2. The number of benzene rings is 1. The molecule has 3 aromatic rings.